The number of aliphatic hydroxyl groups is 1. The van der Waals surface area contributed by atoms with Crippen LogP contribution >= 0.6 is 15.9 Å². The van der Waals surface area contributed by atoms with Crippen LogP contribution in [0.1, 0.15) is 66.2 Å². The number of halogens is 1. The summed E-state index contributed by atoms with van der Waals surface area (Å²) in [6.07, 6.45) is 2.32. The van der Waals surface area contributed by atoms with Gasteiger partial charge in [-0.3, -0.25) is 14.4 Å². The molecular weight excluding hydrogens is 496 g/mol. The van der Waals surface area contributed by atoms with Gasteiger partial charge in [0, 0.05) is 30.5 Å². The van der Waals surface area contributed by atoms with Crippen LogP contribution in [0.2, 0.25) is 0 Å². The van der Waals surface area contributed by atoms with E-state index in [1.54, 1.807) is 0 Å². The fourth-order valence-electron chi connectivity index (χ4n) is 7.38. The molecule has 9 heteroatoms. The van der Waals surface area contributed by atoms with Crippen LogP contribution in [-0.2, 0) is 33.3 Å². The average Bonchev–Trinajstić information content (AvgIpc) is 3.28. The van der Waals surface area contributed by atoms with E-state index in [1.165, 1.54) is 13.8 Å². The molecule has 2 aliphatic heterocycles. The largest absolute Gasteiger partial charge is 0.465 e. The highest BCUT2D eigenvalue weighted by Gasteiger charge is 2.72. The van der Waals surface area contributed by atoms with Gasteiger partial charge >= 0.3 is 17.9 Å². The first kappa shape index (κ1) is 24.9. The van der Waals surface area contributed by atoms with E-state index < -0.39 is 40.8 Å². The van der Waals surface area contributed by atoms with Gasteiger partial charge in [0.2, 0.25) is 6.29 Å². The molecule has 1 N–H and O–H groups in total. The zero-order valence-electron chi connectivity index (χ0n) is 19.8. The first-order valence-corrected chi connectivity index (χ1v) is 13.0. The second kappa shape index (κ2) is 8.79. The van der Waals surface area contributed by atoms with Crippen LogP contribution in [0.4, 0.5) is 0 Å². The summed E-state index contributed by atoms with van der Waals surface area (Å²) in [7, 11) is 0. The molecule has 0 radical (unpaired) electrons. The van der Waals surface area contributed by atoms with E-state index >= 15 is 0 Å². The molecule has 1 unspecified atom stereocenters. The predicted octanol–water partition coefficient (Wildman–Crippen LogP) is 3.12. The maximum Gasteiger partial charge on any atom is 0.308 e. The molecule has 2 heterocycles. The van der Waals surface area contributed by atoms with Gasteiger partial charge in [0.25, 0.3) is 0 Å². The molecule has 186 valence electrons. The Bertz CT molecular complexity index is 802. The molecule has 0 aromatic rings. The summed E-state index contributed by atoms with van der Waals surface area (Å²) in [5.74, 6) is -1.11. The quantitative estimate of drug-likeness (QED) is 0.328. The molecule has 8 nitrogen and oxygen atoms in total. The van der Waals surface area contributed by atoms with Crippen molar-refractivity contribution in [2.75, 3.05) is 11.9 Å². The van der Waals surface area contributed by atoms with Crippen LogP contribution in [0.3, 0.4) is 0 Å². The van der Waals surface area contributed by atoms with Crippen molar-refractivity contribution in [3.8, 4) is 0 Å². The number of carbonyl (C=O) groups excluding carboxylic acids is 3. The average molecular weight is 531 g/mol. The fourth-order valence-corrected chi connectivity index (χ4v) is 8.18. The number of carbonyl (C=O) groups is 3. The Balaban J connectivity index is 1.80. The minimum absolute atomic E-state index is 0.0271. The van der Waals surface area contributed by atoms with Crippen LogP contribution < -0.4 is 0 Å². The summed E-state index contributed by atoms with van der Waals surface area (Å²) in [6.45, 7) is 7.01. The molecule has 33 heavy (non-hydrogen) atoms. The van der Waals surface area contributed by atoms with Gasteiger partial charge in [-0.05, 0) is 37.5 Å². The zero-order chi connectivity index (χ0) is 24.2. The number of fused-ring (bicyclic) bond motifs is 2. The lowest BCUT2D eigenvalue weighted by atomic mass is 9.41. The van der Waals surface area contributed by atoms with E-state index in [4.69, 9.17) is 18.9 Å². The van der Waals surface area contributed by atoms with E-state index in [0.717, 1.165) is 12.8 Å². The summed E-state index contributed by atoms with van der Waals surface area (Å²) in [6, 6.07) is 0. The van der Waals surface area contributed by atoms with Crippen molar-refractivity contribution in [1.29, 1.82) is 0 Å². The maximum atomic E-state index is 12.2. The SMILES string of the molecule is CC(=O)OC[C@@]12[C@@H](OC(C)=O)C[C@@H](C)[C@](C)(C3C[C@H]4CC(=O)O[C@H]4O3)[C@H]1CCC[C@]2(O)CBr. The highest BCUT2D eigenvalue weighted by atomic mass is 79.9. The number of rotatable bonds is 5. The van der Waals surface area contributed by atoms with Crippen LogP contribution in [0.25, 0.3) is 0 Å². The van der Waals surface area contributed by atoms with Gasteiger partial charge in [0.05, 0.1) is 23.5 Å². The van der Waals surface area contributed by atoms with E-state index in [0.29, 0.717) is 25.7 Å². The van der Waals surface area contributed by atoms with Gasteiger partial charge in [-0.2, -0.15) is 0 Å². The highest BCUT2D eigenvalue weighted by Crippen LogP contribution is 2.67. The molecule has 9 atom stereocenters. The number of hydrogen-bond donors (Lipinski definition) is 1. The molecule has 4 aliphatic rings. The van der Waals surface area contributed by atoms with Crippen molar-refractivity contribution in [2.45, 2.75) is 90.3 Å². The summed E-state index contributed by atoms with van der Waals surface area (Å²) < 4.78 is 23.3. The van der Waals surface area contributed by atoms with Crippen LogP contribution in [-0.4, -0.2) is 59.1 Å². The van der Waals surface area contributed by atoms with Gasteiger partial charge < -0.3 is 24.1 Å². The van der Waals surface area contributed by atoms with Crippen LogP contribution in [0, 0.1) is 28.6 Å². The van der Waals surface area contributed by atoms with E-state index in [2.05, 4.69) is 29.8 Å². The first-order chi connectivity index (χ1) is 15.5. The standard InChI is InChI=1S/C24H35BrO8/c1-13-8-19(31-15(3)27)24(12-30-14(2)26)17(6-5-7-23(24,29)11-25)22(13,4)18-9-16-10-20(28)33-21(16)32-18/h13,16-19,21,29H,5-12H2,1-4H3/t13-,16+,17-,18?,19+,21-,22+,23+,24+/m1/s1. The number of hydrogen-bond acceptors (Lipinski definition) is 8. The molecule has 4 rings (SSSR count). The highest BCUT2D eigenvalue weighted by molar-refractivity contribution is 9.09. The molecule has 0 spiro atoms. The third-order valence-electron chi connectivity index (χ3n) is 9.14. The molecule has 2 aliphatic carbocycles. The summed E-state index contributed by atoms with van der Waals surface area (Å²) in [5, 5.41) is 12.3. The Kier molecular flexibility index (Phi) is 6.64. The Labute approximate surface area is 203 Å². The van der Waals surface area contributed by atoms with E-state index in [1.807, 2.05) is 0 Å². The van der Waals surface area contributed by atoms with Crippen LogP contribution in [0.5, 0.6) is 0 Å². The Morgan fingerprint density at radius 2 is 1.97 bits per heavy atom. The first-order valence-electron chi connectivity index (χ1n) is 11.9. The van der Waals surface area contributed by atoms with Crippen molar-refractivity contribution in [1.82, 2.24) is 0 Å². The second-order valence-corrected chi connectivity index (χ2v) is 11.3. The van der Waals surface area contributed by atoms with Crippen molar-refractivity contribution in [3.63, 3.8) is 0 Å². The van der Waals surface area contributed by atoms with Gasteiger partial charge in [-0.25, -0.2) is 0 Å². The topological polar surface area (TPSA) is 108 Å². The smallest absolute Gasteiger partial charge is 0.308 e. The maximum absolute atomic E-state index is 12.2. The summed E-state index contributed by atoms with van der Waals surface area (Å²) in [5.41, 5.74) is -2.65. The molecule has 2 saturated carbocycles. The number of esters is 3. The lowest BCUT2D eigenvalue weighted by Gasteiger charge is -2.66. The molecule has 0 bridgehead atoms. The van der Waals surface area contributed by atoms with Gasteiger partial charge in [0.1, 0.15) is 12.7 Å². The molecule has 4 fully saturated rings. The lowest BCUT2D eigenvalue weighted by molar-refractivity contribution is -0.285. The molecular formula is C24H35BrO8. The molecule has 0 amide bonds. The van der Waals surface area contributed by atoms with Gasteiger partial charge in [-0.15, -0.1) is 0 Å². The Morgan fingerprint density at radius 3 is 2.58 bits per heavy atom. The normalized spacial score (nSPS) is 46.8. The monoisotopic (exact) mass is 530 g/mol. The summed E-state index contributed by atoms with van der Waals surface area (Å²) >= 11 is 3.53. The minimum atomic E-state index is -1.24. The van der Waals surface area contributed by atoms with Crippen molar-refractivity contribution >= 4 is 33.8 Å². The molecule has 0 aromatic carbocycles. The Morgan fingerprint density at radius 1 is 1.24 bits per heavy atom. The lowest BCUT2D eigenvalue weighted by Crippen LogP contribution is -2.72. The van der Waals surface area contributed by atoms with Crippen molar-refractivity contribution < 1.29 is 38.4 Å². The third kappa shape index (κ3) is 3.82. The third-order valence-corrected chi connectivity index (χ3v) is 10.1. The summed E-state index contributed by atoms with van der Waals surface area (Å²) in [4.78, 5) is 35.8. The number of ether oxygens (including phenoxy) is 4. The Hall–Kier alpha value is -1.19. The molecule has 0 aromatic heterocycles. The van der Waals surface area contributed by atoms with Crippen molar-refractivity contribution in [3.05, 3.63) is 0 Å². The second-order valence-electron chi connectivity index (χ2n) is 10.7. The number of alkyl halides is 1. The van der Waals surface area contributed by atoms with Gasteiger partial charge in [-0.1, -0.05) is 36.2 Å². The minimum Gasteiger partial charge on any atom is -0.465 e. The van der Waals surface area contributed by atoms with Crippen LogP contribution in [0.15, 0.2) is 0 Å². The fraction of sp³-hybridized carbons (Fsp3) is 0.875. The van der Waals surface area contributed by atoms with Gasteiger partial charge in [0.15, 0.2) is 0 Å². The van der Waals surface area contributed by atoms with E-state index in [9.17, 15) is 19.5 Å². The zero-order valence-corrected chi connectivity index (χ0v) is 21.4. The van der Waals surface area contributed by atoms with Crippen molar-refractivity contribution in [2.24, 2.45) is 28.6 Å². The van der Waals surface area contributed by atoms with E-state index in [-0.39, 0.29) is 41.8 Å². The molecule has 2 saturated heterocycles. The predicted molar refractivity (Wildman–Crippen MR) is 120 cm³/mol.